The van der Waals surface area contributed by atoms with Gasteiger partial charge in [-0.15, -0.1) is 11.3 Å². The number of carbonyl (C=O) groups excluding carboxylic acids is 1. The van der Waals surface area contributed by atoms with Gasteiger partial charge in [-0.1, -0.05) is 15.9 Å². The number of thiazole rings is 1. The molecule has 108 valence electrons. The van der Waals surface area contributed by atoms with Crippen LogP contribution < -0.4 is 5.32 Å². The summed E-state index contributed by atoms with van der Waals surface area (Å²) in [5.41, 5.74) is 3.09. The number of aryl methyl sites for hydroxylation is 2. The van der Waals surface area contributed by atoms with Crippen molar-refractivity contribution in [2.45, 2.75) is 20.3 Å². The number of benzene rings is 1. The van der Waals surface area contributed by atoms with Crippen LogP contribution in [0.5, 0.6) is 0 Å². The summed E-state index contributed by atoms with van der Waals surface area (Å²) in [6.07, 6.45) is 2.09. The Balaban J connectivity index is 1.85. The number of aromatic amines is 1. The Morgan fingerprint density at radius 3 is 2.95 bits per heavy atom. The Morgan fingerprint density at radius 2 is 2.24 bits per heavy atom. The predicted molar refractivity (Wildman–Crippen MR) is 89.9 cm³/mol. The summed E-state index contributed by atoms with van der Waals surface area (Å²) >= 11 is 4.96. The van der Waals surface area contributed by atoms with Gasteiger partial charge in [0.2, 0.25) is 5.91 Å². The van der Waals surface area contributed by atoms with Crippen LogP contribution in [-0.2, 0) is 11.2 Å². The molecule has 0 bridgehead atoms. The molecule has 1 amide bonds. The number of nitrogens with one attached hydrogen (secondary N) is 2. The van der Waals surface area contributed by atoms with E-state index < -0.39 is 0 Å². The molecule has 0 aliphatic rings. The molecule has 0 aliphatic carbocycles. The van der Waals surface area contributed by atoms with Crippen molar-refractivity contribution in [3.05, 3.63) is 45.0 Å². The lowest BCUT2D eigenvalue weighted by atomic mass is 10.1. The SMILES string of the molecule is Cc1cnc(NC(=O)Cc2c(C)[nH]c3ccc(Br)cc23)s1. The van der Waals surface area contributed by atoms with E-state index in [1.165, 1.54) is 11.3 Å². The maximum Gasteiger partial charge on any atom is 0.230 e. The molecule has 0 saturated heterocycles. The Morgan fingerprint density at radius 1 is 1.43 bits per heavy atom. The number of anilines is 1. The summed E-state index contributed by atoms with van der Waals surface area (Å²) < 4.78 is 1.01. The van der Waals surface area contributed by atoms with E-state index in [1.54, 1.807) is 6.20 Å². The van der Waals surface area contributed by atoms with E-state index >= 15 is 0 Å². The Labute approximate surface area is 134 Å². The summed E-state index contributed by atoms with van der Waals surface area (Å²) in [5.74, 6) is -0.0478. The zero-order chi connectivity index (χ0) is 15.0. The number of hydrogen-bond acceptors (Lipinski definition) is 3. The summed E-state index contributed by atoms with van der Waals surface area (Å²) in [6.45, 7) is 3.96. The predicted octanol–water partition coefficient (Wildman–Crippen LogP) is 4.18. The highest BCUT2D eigenvalue weighted by Gasteiger charge is 2.13. The number of carbonyl (C=O) groups is 1. The molecule has 2 heterocycles. The molecule has 0 aliphatic heterocycles. The molecule has 3 aromatic rings. The van der Waals surface area contributed by atoms with Gasteiger partial charge in [0.25, 0.3) is 0 Å². The van der Waals surface area contributed by atoms with Crippen molar-refractivity contribution < 1.29 is 4.79 Å². The van der Waals surface area contributed by atoms with Gasteiger partial charge in [-0.25, -0.2) is 4.98 Å². The third-order valence-corrected chi connectivity index (χ3v) is 4.61. The second-order valence-corrected chi connectivity index (χ2v) is 7.07. The molecule has 1 aromatic carbocycles. The molecule has 3 rings (SSSR count). The molecule has 0 atom stereocenters. The van der Waals surface area contributed by atoms with Crippen LogP contribution in [0.2, 0.25) is 0 Å². The van der Waals surface area contributed by atoms with E-state index in [-0.39, 0.29) is 5.91 Å². The molecule has 0 radical (unpaired) electrons. The molecule has 6 heteroatoms. The molecule has 2 aromatic heterocycles. The van der Waals surface area contributed by atoms with Crippen molar-refractivity contribution >= 4 is 49.2 Å². The van der Waals surface area contributed by atoms with E-state index in [2.05, 4.69) is 31.2 Å². The lowest BCUT2D eigenvalue weighted by molar-refractivity contribution is -0.115. The Bertz CT molecular complexity index is 822. The van der Waals surface area contributed by atoms with Crippen molar-refractivity contribution in [2.24, 2.45) is 0 Å². The molecular weight excluding hydrogens is 350 g/mol. The average molecular weight is 364 g/mol. The average Bonchev–Trinajstić information content (AvgIpc) is 2.95. The molecule has 0 saturated carbocycles. The maximum absolute atomic E-state index is 12.2. The summed E-state index contributed by atoms with van der Waals surface area (Å²) in [5, 5.41) is 4.58. The highest BCUT2D eigenvalue weighted by molar-refractivity contribution is 9.10. The van der Waals surface area contributed by atoms with Crippen LogP contribution in [0, 0.1) is 13.8 Å². The van der Waals surface area contributed by atoms with Gasteiger partial charge in [0, 0.05) is 32.1 Å². The summed E-state index contributed by atoms with van der Waals surface area (Å²) in [6, 6.07) is 6.04. The fourth-order valence-electron chi connectivity index (χ4n) is 2.32. The lowest BCUT2D eigenvalue weighted by Crippen LogP contribution is -2.14. The van der Waals surface area contributed by atoms with Crippen LogP contribution >= 0.6 is 27.3 Å². The van der Waals surface area contributed by atoms with Crippen LogP contribution in [0.15, 0.2) is 28.9 Å². The molecule has 0 fully saturated rings. The highest BCUT2D eigenvalue weighted by Crippen LogP contribution is 2.26. The van der Waals surface area contributed by atoms with Gasteiger partial charge in [0.15, 0.2) is 5.13 Å². The smallest absolute Gasteiger partial charge is 0.230 e. The number of amides is 1. The second kappa shape index (κ2) is 5.61. The van der Waals surface area contributed by atoms with Gasteiger partial charge >= 0.3 is 0 Å². The number of halogens is 1. The normalized spacial score (nSPS) is 11.0. The second-order valence-electron chi connectivity index (χ2n) is 4.92. The molecule has 2 N–H and O–H groups in total. The van der Waals surface area contributed by atoms with Crippen LogP contribution in [0.3, 0.4) is 0 Å². The highest BCUT2D eigenvalue weighted by atomic mass is 79.9. The van der Waals surface area contributed by atoms with Crippen molar-refractivity contribution in [3.8, 4) is 0 Å². The Hall–Kier alpha value is -1.66. The van der Waals surface area contributed by atoms with Crippen LogP contribution in [0.4, 0.5) is 5.13 Å². The first-order valence-corrected chi connectivity index (χ1v) is 8.13. The van der Waals surface area contributed by atoms with Gasteiger partial charge in [0.05, 0.1) is 6.42 Å². The molecular formula is C15H14BrN3OS. The van der Waals surface area contributed by atoms with Gasteiger partial charge in [-0.3, -0.25) is 4.79 Å². The minimum atomic E-state index is -0.0478. The van der Waals surface area contributed by atoms with E-state index in [0.717, 1.165) is 31.5 Å². The third-order valence-electron chi connectivity index (χ3n) is 3.29. The van der Waals surface area contributed by atoms with Crippen LogP contribution in [0.1, 0.15) is 16.1 Å². The monoisotopic (exact) mass is 363 g/mol. The molecule has 4 nitrogen and oxygen atoms in total. The minimum absolute atomic E-state index is 0.0478. The van der Waals surface area contributed by atoms with Gasteiger partial charge in [-0.05, 0) is 37.6 Å². The molecule has 0 spiro atoms. The Kier molecular flexibility index (Phi) is 3.82. The zero-order valence-electron chi connectivity index (χ0n) is 11.7. The quantitative estimate of drug-likeness (QED) is 0.732. The van der Waals surface area contributed by atoms with Crippen molar-refractivity contribution in [3.63, 3.8) is 0 Å². The molecule has 0 unspecified atom stereocenters. The standard InChI is InChI=1S/C15H14BrN3OS/c1-8-7-17-15(21-8)19-14(20)6-11-9(2)18-13-4-3-10(16)5-12(11)13/h3-5,7,18H,6H2,1-2H3,(H,17,19,20). The summed E-state index contributed by atoms with van der Waals surface area (Å²) in [4.78, 5) is 20.7. The molecule has 21 heavy (non-hydrogen) atoms. The fourth-order valence-corrected chi connectivity index (χ4v) is 3.36. The summed E-state index contributed by atoms with van der Waals surface area (Å²) in [7, 11) is 0. The number of fused-ring (bicyclic) bond motifs is 1. The minimum Gasteiger partial charge on any atom is -0.358 e. The number of hydrogen-bond donors (Lipinski definition) is 2. The van der Waals surface area contributed by atoms with Gasteiger partial charge < -0.3 is 10.3 Å². The van der Waals surface area contributed by atoms with E-state index in [9.17, 15) is 4.79 Å². The largest absolute Gasteiger partial charge is 0.358 e. The first-order valence-electron chi connectivity index (χ1n) is 6.52. The topological polar surface area (TPSA) is 57.8 Å². The van der Waals surface area contributed by atoms with E-state index in [1.807, 2.05) is 32.0 Å². The van der Waals surface area contributed by atoms with Gasteiger partial charge in [-0.2, -0.15) is 0 Å². The number of rotatable bonds is 3. The third kappa shape index (κ3) is 3.01. The van der Waals surface area contributed by atoms with Crippen LogP contribution in [-0.4, -0.2) is 15.9 Å². The van der Waals surface area contributed by atoms with Gasteiger partial charge in [0.1, 0.15) is 0 Å². The van der Waals surface area contributed by atoms with E-state index in [0.29, 0.717) is 11.6 Å². The first kappa shape index (κ1) is 14.3. The number of nitrogens with zero attached hydrogens (tertiary/aromatic N) is 1. The zero-order valence-corrected chi connectivity index (χ0v) is 14.1. The van der Waals surface area contributed by atoms with Crippen LogP contribution in [0.25, 0.3) is 10.9 Å². The first-order chi connectivity index (χ1) is 10.0. The number of H-pyrrole nitrogens is 1. The van der Waals surface area contributed by atoms with E-state index in [4.69, 9.17) is 0 Å². The lowest BCUT2D eigenvalue weighted by Gasteiger charge is -2.03. The van der Waals surface area contributed by atoms with Crippen molar-refractivity contribution in [1.82, 2.24) is 9.97 Å². The van der Waals surface area contributed by atoms with Crippen molar-refractivity contribution in [2.75, 3.05) is 5.32 Å². The van der Waals surface area contributed by atoms with Crippen molar-refractivity contribution in [1.29, 1.82) is 0 Å². The maximum atomic E-state index is 12.2. The number of aromatic nitrogens is 2. The fraction of sp³-hybridized carbons (Fsp3) is 0.200.